The van der Waals surface area contributed by atoms with Gasteiger partial charge in [0, 0.05) is 19.9 Å². The van der Waals surface area contributed by atoms with E-state index in [1.165, 1.54) is 12.3 Å². The number of nitrogens with one attached hydrogen (secondary N) is 1. The maximum Gasteiger partial charge on any atom is 0.350 e. The van der Waals surface area contributed by atoms with E-state index in [-0.39, 0.29) is 5.69 Å². The molecule has 1 heterocycles. The molecule has 1 rings (SSSR count). The van der Waals surface area contributed by atoms with Crippen molar-refractivity contribution in [1.29, 1.82) is 0 Å². The zero-order valence-corrected chi connectivity index (χ0v) is 8.36. The van der Waals surface area contributed by atoms with Crippen molar-refractivity contribution in [2.45, 2.75) is 0 Å². The van der Waals surface area contributed by atoms with E-state index in [0.717, 1.165) is 0 Å². The zero-order chi connectivity index (χ0) is 11.7. The van der Waals surface area contributed by atoms with Crippen LogP contribution < -0.4 is 5.73 Å². The van der Waals surface area contributed by atoms with E-state index in [9.17, 15) is 4.79 Å². The second-order valence-corrected chi connectivity index (χ2v) is 2.47. The molecule has 0 unspecified atom stereocenters. The van der Waals surface area contributed by atoms with Crippen LogP contribution in [0.15, 0.2) is 12.3 Å². The van der Waals surface area contributed by atoms with E-state index in [1.807, 2.05) is 0 Å². The lowest BCUT2D eigenvalue weighted by Gasteiger charge is -1.85. The number of carboxylic acid groups (broad SMARTS) is 1. The lowest BCUT2D eigenvalue weighted by atomic mass is 10.4. The van der Waals surface area contributed by atoms with Crippen LogP contribution in [0.25, 0.3) is 4.85 Å². The fourth-order valence-electron chi connectivity index (χ4n) is 0.689. The van der Waals surface area contributed by atoms with Crippen LogP contribution in [0.3, 0.4) is 0 Å². The summed E-state index contributed by atoms with van der Waals surface area (Å²) in [5, 5.41) is 8.36. The molecule has 0 amide bonds. The van der Waals surface area contributed by atoms with Crippen molar-refractivity contribution in [3.8, 4) is 0 Å². The molecule has 0 aliphatic carbocycles. The van der Waals surface area contributed by atoms with Gasteiger partial charge < -0.3 is 20.6 Å². The van der Waals surface area contributed by atoms with Crippen LogP contribution in [0.4, 0.5) is 5.69 Å². The van der Waals surface area contributed by atoms with Crippen LogP contribution >= 0.6 is 0 Å². The average molecular weight is 211 g/mol. The molecule has 1 aromatic heterocycles. The SMILES string of the molecule is COCCN.[C-]#[N+]c1c[nH]c(C(=O)O)c1. The van der Waals surface area contributed by atoms with Crippen LogP contribution in [0.5, 0.6) is 0 Å². The topological polar surface area (TPSA) is 92.7 Å². The number of methoxy groups -OCH3 is 1. The lowest BCUT2D eigenvalue weighted by Crippen LogP contribution is -2.05. The van der Waals surface area contributed by atoms with Crippen LogP contribution in [0.1, 0.15) is 10.5 Å². The normalized spacial score (nSPS) is 8.60. The van der Waals surface area contributed by atoms with Gasteiger partial charge in [0.1, 0.15) is 5.69 Å². The molecule has 0 aliphatic rings. The van der Waals surface area contributed by atoms with E-state index in [1.54, 1.807) is 7.11 Å². The molecule has 0 radical (unpaired) electrons. The number of H-pyrrole nitrogens is 1. The summed E-state index contributed by atoms with van der Waals surface area (Å²) in [6, 6.07) is 1.29. The quantitative estimate of drug-likeness (QED) is 0.646. The Morgan fingerprint density at radius 3 is 2.67 bits per heavy atom. The third-order valence-electron chi connectivity index (χ3n) is 1.35. The minimum Gasteiger partial charge on any atom is -0.477 e. The molecule has 15 heavy (non-hydrogen) atoms. The molecular formula is C9H13N3O3. The first-order chi connectivity index (χ1) is 7.15. The van der Waals surface area contributed by atoms with Gasteiger partial charge in [0.05, 0.1) is 13.2 Å². The van der Waals surface area contributed by atoms with Crippen LogP contribution in [0, 0.1) is 6.57 Å². The highest BCUT2D eigenvalue weighted by Crippen LogP contribution is 2.12. The number of carbonyl (C=O) groups is 1. The molecule has 6 heteroatoms. The van der Waals surface area contributed by atoms with E-state index >= 15 is 0 Å². The Labute approximate surface area is 87.5 Å². The van der Waals surface area contributed by atoms with Gasteiger partial charge in [-0.05, 0) is 6.07 Å². The summed E-state index contributed by atoms with van der Waals surface area (Å²) in [6.07, 6.45) is 1.36. The second kappa shape index (κ2) is 7.55. The maximum absolute atomic E-state index is 10.2. The van der Waals surface area contributed by atoms with Gasteiger partial charge in [0.15, 0.2) is 0 Å². The number of aromatic amines is 1. The van der Waals surface area contributed by atoms with Crippen LogP contribution in [0.2, 0.25) is 0 Å². The minimum absolute atomic E-state index is 0.0472. The Morgan fingerprint density at radius 1 is 1.80 bits per heavy atom. The molecule has 4 N–H and O–H groups in total. The van der Waals surface area contributed by atoms with Crippen molar-refractivity contribution in [3.63, 3.8) is 0 Å². The van der Waals surface area contributed by atoms with Gasteiger partial charge in [-0.2, -0.15) is 0 Å². The van der Waals surface area contributed by atoms with E-state index in [2.05, 4.69) is 14.6 Å². The van der Waals surface area contributed by atoms with Gasteiger partial charge in [-0.3, -0.25) is 0 Å². The van der Waals surface area contributed by atoms with Gasteiger partial charge >= 0.3 is 5.97 Å². The molecule has 0 spiro atoms. The van der Waals surface area contributed by atoms with Crippen LogP contribution in [-0.2, 0) is 4.74 Å². The van der Waals surface area contributed by atoms with Crippen molar-refractivity contribution >= 4 is 11.7 Å². The van der Waals surface area contributed by atoms with Gasteiger partial charge in [-0.15, -0.1) is 0 Å². The average Bonchev–Trinajstić information content (AvgIpc) is 2.68. The third kappa shape index (κ3) is 5.46. The fraction of sp³-hybridized carbons (Fsp3) is 0.333. The third-order valence-corrected chi connectivity index (χ3v) is 1.35. The van der Waals surface area contributed by atoms with E-state index < -0.39 is 5.97 Å². The monoisotopic (exact) mass is 211 g/mol. The van der Waals surface area contributed by atoms with Gasteiger partial charge in [0.2, 0.25) is 5.69 Å². The summed E-state index contributed by atoms with van der Waals surface area (Å²) in [4.78, 5) is 15.7. The predicted octanol–water partition coefficient (Wildman–Crippen LogP) is 0.855. The summed E-state index contributed by atoms with van der Waals surface area (Å²) >= 11 is 0. The van der Waals surface area contributed by atoms with Crippen LogP contribution in [-0.4, -0.2) is 36.3 Å². The molecule has 0 fully saturated rings. The number of hydrogen-bond acceptors (Lipinski definition) is 3. The largest absolute Gasteiger partial charge is 0.477 e. The van der Waals surface area contributed by atoms with Crippen molar-refractivity contribution in [1.82, 2.24) is 4.98 Å². The first kappa shape index (κ1) is 13.2. The number of nitrogens with two attached hydrogens (primary N) is 1. The molecule has 0 aliphatic heterocycles. The number of ether oxygens (including phenoxy) is 1. The Bertz CT molecular complexity index is 339. The smallest absolute Gasteiger partial charge is 0.350 e. The summed E-state index contributed by atoms with van der Waals surface area (Å²) < 4.78 is 4.57. The fourth-order valence-corrected chi connectivity index (χ4v) is 0.689. The number of aromatic nitrogens is 1. The highest BCUT2D eigenvalue weighted by atomic mass is 16.5. The van der Waals surface area contributed by atoms with Gasteiger partial charge in [-0.25, -0.2) is 9.64 Å². The van der Waals surface area contributed by atoms with Gasteiger partial charge in [-0.1, -0.05) is 0 Å². The molecule has 0 saturated carbocycles. The molecule has 1 aromatic rings. The number of rotatable bonds is 3. The second-order valence-electron chi connectivity index (χ2n) is 2.47. The van der Waals surface area contributed by atoms with Crippen molar-refractivity contribution in [3.05, 3.63) is 29.4 Å². The summed E-state index contributed by atoms with van der Waals surface area (Å²) in [5.74, 6) is -1.05. The van der Waals surface area contributed by atoms with Crippen molar-refractivity contribution in [2.24, 2.45) is 5.73 Å². The molecule has 0 atom stereocenters. The van der Waals surface area contributed by atoms with E-state index in [0.29, 0.717) is 18.8 Å². The minimum atomic E-state index is -1.05. The highest BCUT2D eigenvalue weighted by molar-refractivity contribution is 5.86. The summed E-state index contributed by atoms with van der Waals surface area (Å²) in [6.45, 7) is 7.80. The van der Waals surface area contributed by atoms with Crippen molar-refractivity contribution in [2.75, 3.05) is 20.3 Å². The maximum atomic E-state index is 10.2. The first-order valence-corrected chi connectivity index (χ1v) is 4.13. The Hall–Kier alpha value is -1.84. The molecule has 0 bridgehead atoms. The molecule has 0 aromatic carbocycles. The Morgan fingerprint density at radius 2 is 2.47 bits per heavy atom. The number of hydrogen-bond donors (Lipinski definition) is 3. The Balaban J connectivity index is 0.000000336. The molecule has 82 valence electrons. The molecule has 6 nitrogen and oxygen atoms in total. The molecular weight excluding hydrogens is 198 g/mol. The molecule has 0 saturated heterocycles. The first-order valence-electron chi connectivity index (χ1n) is 4.13. The number of aromatic carboxylic acids is 1. The lowest BCUT2D eigenvalue weighted by molar-refractivity contribution is 0.0691. The van der Waals surface area contributed by atoms with Crippen molar-refractivity contribution < 1.29 is 14.6 Å². The summed E-state index contributed by atoms with van der Waals surface area (Å²) in [5.41, 5.74) is 5.38. The standard InChI is InChI=1S/C6H4N2O2.C3H9NO/c1-7-4-2-5(6(9)10)8-3-4;1-5-3-2-4/h2-3,8H,(H,9,10);2-4H2,1H3. The van der Waals surface area contributed by atoms with E-state index in [4.69, 9.17) is 17.4 Å². The summed E-state index contributed by atoms with van der Waals surface area (Å²) in [7, 11) is 1.63. The van der Waals surface area contributed by atoms with Gasteiger partial charge in [0.25, 0.3) is 0 Å². The highest BCUT2D eigenvalue weighted by Gasteiger charge is 2.03. The zero-order valence-electron chi connectivity index (χ0n) is 8.36. The number of carboxylic acids is 1. The Kier molecular flexibility index (Phi) is 6.63. The number of nitrogens with zero attached hydrogens (tertiary/aromatic N) is 1. The predicted molar refractivity (Wildman–Crippen MR) is 54.9 cm³/mol.